The molecule has 1 heterocycles. The molecule has 0 aromatic carbocycles. The largest absolute Gasteiger partial charge is 0.465 e. The smallest absolute Gasteiger partial charge is 0.129 e. The monoisotopic (exact) mass is 316 g/mol. The summed E-state index contributed by atoms with van der Waals surface area (Å²) in [6.07, 6.45) is 12.1. The molecule has 4 rings (SSSR count). The highest BCUT2D eigenvalue weighted by Gasteiger charge is 2.59. The highest BCUT2D eigenvalue weighted by molar-refractivity contribution is 5.55. The zero-order chi connectivity index (χ0) is 16.3. The van der Waals surface area contributed by atoms with Gasteiger partial charge >= 0.3 is 0 Å². The summed E-state index contributed by atoms with van der Waals surface area (Å²) in [7, 11) is 0. The summed E-state index contributed by atoms with van der Waals surface area (Å²) in [5.41, 5.74) is 0.756. The Bertz CT molecular complexity index is 633. The molecule has 0 bridgehead atoms. The van der Waals surface area contributed by atoms with Crippen molar-refractivity contribution < 1.29 is 14.6 Å². The van der Waals surface area contributed by atoms with E-state index in [9.17, 15) is 10.2 Å². The van der Waals surface area contributed by atoms with Crippen LogP contribution in [0.2, 0.25) is 0 Å². The molecule has 0 aliphatic heterocycles. The summed E-state index contributed by atoms with van der Waals surface area (Å²) in [5, 5.41) is 20.4. The van der Waals surface area contributed by atoms with Crippen LogP contribution in [0.15, 0.2) is 22.8 Å². The molecule has 1 aromatic heterocycles. The van der Waals surface area contributed by atoms with Crippen molar-refractivity contribution >= 4 is 6.08 Å². The molecular formula is C20H28O3. The third-order valence-corrected chi connectivity index (χ3v) is 7.45. The van der Waals surface area contributed by atoms with Gasteiger partial charge < -0.3 is 14.6 Å². The molecule has 0 saturated heterocycles. The zero-order valence-electron chi connectivity index (χ0n) is 14.2. The highest BCUT2D eigenvalue weighted by atomic mass is 16.3. The molecular weight excluding hydrogens is 288 g/mol. The maximum absolute atomic E-state index is 10.7. The molecule has 126 valence electrons. The van der Waals surface area contributed by atoms with Crippen LogP contribution in [-0.4, -0.2) is 22.4 Å². The number of hydrogen-bond acceptors (Lipinski definition) is 3. The molecule has 3 nitrogen and oxygen atoms in total. The number of fused-ring (bicyclic) bond motifs is 5. The van der Waals surface area contributed by atoms with E-state index in [0.717, 1.165) is 37.9 Å². The van der Waals surface area contributed by atoms with Crippen LogP contribution >= 0.6 is 0 Å². The Hall–Kier alpha value is -1.06. The molecule has 0 unspecified atom stereocenters. The van der Waals surface area contributed by atoms with Crippen LogP contribution in [0, 0.1) is 16.7 Å². The quantitative estimate of drug-likeness (QED) is 0.863. The summed E-state index contributed by atoms with van der Waals surface area (Å²) in [4.78, 5) is 0. The lowest BCUT2D eigenvalue weighted by atomic mass is 9.43. The Balaban J connectivity index is 1.75. The maximum atomic E-state index is 10.7. The molecule has 3 heteroatoms. The van der Waals surface area contributed by atoms with E-state index in [-0.39, 0.29) is 17.4 Å². The Kier molecular flexibility index (Phi) is 3.34. The van der Waals surface area contributed by atoms with Crippen molar-refractivity contribution in [2.75, 3.05) is 6.61 Å². The van der Waals surface area contributed by atoms with Crippen molar-refractivity contribution in [1.29, 1.82) is 0 Å². The molecule has 1 aromatic rings. The van der Waals surface area contributed by atoms with E-state index >= 15 is 0 Å². The summed E-state index contributed by atoms with van der Waals surface area (Å²) >= 11 is 0. The molecule has 2 N–H and O–H groups in total. The SMILES string of the molecule is CC[C@]12CC[C@@H]3c4ccoc4C=C[C@@]3(C)[C@@H]1CC[C@@](O)(CO)C2. The van der Waals surface area contributed by atoms with Gasteiger partial charge in [-0.1, -0.05) is 26.3 Å². The van der Waals surface area contributed by atoms with Gasteiger partial charge in [0, 0.05) is 5.56 Å². The maximum Gasteiger partial charge on any atom is 0.129 e. The van der Waals surface area contributed by atoms with Crippen LogP contribution in [0.3, 0.4) is 0 Å². The number of hydrogen-bond donors (Lipinski definition) is 2. The van der Waals surface area contributed by atoms with Gasteiger partial charge in [0.2, 0.25) is 0 Å². The highest BCUT2D eigenvalue weighted by Crippen LogP contribution is 2.66. The van der Waals surface area contributed by atoms with E-state index in [4.69, 9.17) is 4.42 Å². The fourth-order valence-corrected chi connectivity index (χ4v) is 6.22. The summed E-state index contributed by atoms with van der Waals surface area (Å²) < 4.78 is 5.63. The number of allylic oxidation sites excluding steroid dienone is 1. The van der Waals surface area contributed by atoms with Gasteiger partial charge in [-0.25, -0.2) is 0 Å². The van der Waals surface area contributed by atoms with Crippen molar-refractivity contribution in [1.82, 2.24) is 0 Å². The molecule has 0 amide bonds. The summed E-state index contributed by atoms with van der Waals surface area (Å²) in [6.45, 7) is 4.56. The number of rotatable bonds is 2. The van der Waals surface area contributed by atoms with Gasteiger partial charge in [0.1, 0.15) is 5.76 Å². The van der Waals surface area contributed by atoms with Crippen molar-refractivity contribution in [3.05, 3.63) is 29.7 Å². The first kappa shape index (κ1) is 15.5. The summed E-state index contributed by atoms with van der Waals surface area (Å²) in [6, 6.07) is 2.15. The van der Waals surface area contributed by atoms with E-state index in [2.05, 4.69) is 32.1 Å². The van der Waals surface area contributed by atoms with Gasteiger partial charge in [0.15, 0.2) is 0 Å². The van der Waals surface area contributed by atoms with Gasteiger partial charge in [-0.05, 0) is 66.9 Å². The second kappa shape index (κ2) is 4.97. The first-order valence-electron chi connectivity index (χ1n) is 9.06. The van der Waals surface area contributed by atoms with Gasteiger partial charge in [-0.2, -0.15) is 0 Å². The van der Waals surface area contributed by atoms with E-state index in [0.29, 0.717) is 18.3 Å². The van der Waals surface area contributed by atoms with Gasteiger partial charge in [0.05, 0.1) is 18.5 Å². The Morgan fingerprint density at radius 1 is 1.30 bits per heavy atom. The van der Waals surface area contributed by atoms with Crippen LogP contribution in [0.25, 0.3) is 6.08 Å². The number of aliphatic hydroxyl groups excluding tert-OH is 1. The average Bonchev–Trinajstić information content (AvgIpc) is 3.02. The Labute approximate surface area is 138 Å². The minimum Gasteiger partial charge on any atom is -0.465 e. The molecule has 2 fully saturated rings. The van der Waals surface area contributed by atoms with Gasteiger partial charge in [0.25, 0.3) is 0 Å². The third kappa shape index (κ3) is 2.02. The van der Waals surface area contributed by atoms with E-state index in [1.165, 1.54) is 5.56 Å². The van der Waals surface area contributed by atoms with Crippen LogP contribution in [0.4, 0.5) is 0 Å². The number of aliphatic hydroxyl groups is 2. The Morgan fingerprint density at radius 3 is 2.87 bits per heavy atom. The second-order valence-electron chi connectivity index (χ2n) is 8.40. The first-order valence-corrected chi connectivity index (χ1v) is 9.06. The molecule has 2 saturated carbocycles. The predicted molar refractivity (Wildman–Crippen MR) is 89.9 cm³/mol. The topological polar surface area (TPSA) is 53.6 Å². The third-order valence-electron chi connectivity index (χ3n) is 7.45. The molecule has 23 heavy (non-hydrogen) atoms. The van der Waals surface area contributed by atoms with Crippen LogP contribution in [0.5, 0.6) is 0 Å². The van der Waals surface area contributed by atoms with Crippen LogP contribution < -0.4 is 0 Å². The predicted octanol–water partition coefficient (Wildman–Crippen LogP) is 4.11. The molecule has 0 spiro atoms. The van der Waals surface area contributed by atoms with Gasteiger partial charge in [-0.3, -0.25) is 0 Å². The van der Waals surface area contributed by atoms with Crippen molar-refractivity contribution in [3.63, 3.8) is 0 Å². The summed E-state index contributed by atoms with van der Waals surface area (Å²) in [5.74, 6) is 2.11. The van der Waals surface area contributed by atoms with Crippen LogP contribution in [0.1, 0.15) is 69.6 Å². The Morgan fingerprint density at radius 2 is 2.13 bits per heavy atom. The van der Waals surface area contributed by atoms with E-state index in [1.807, 2.05) is 6.26 Å². The molecule has 0 radical (unpaired) electrons. The fraction of sp³-hybridized carbons (Fsp3) is 0.700. The standard InChI is InChI=1S/C20H28O3/c1-3-19-9-4-15-14-7-11-23-16(14)5-8-18(15,2)17(19)6-10-20(22,12-19)13-21/h5,7-8,11,15,17,21-22H,3-4,6,9-10,12-13H2,1-2H3/t15-,17+,18-,19-,20+/m1/s1. The molecule has 3 aliphatic carbocycles. The fourth-order valence-electron chi connectivity index (χ4n) is 6.22. The van der Waals surface area contributed by atoms with Crippen LogP contribution in [-0.2, 0) is 0 Å². The van der Waals surface area contributed by atoms with E-state index < -0.39 is 5.60 Å². The van der Waals surface area contributed by atoms with Gasteiger partial charge in [-0.15, -0.1) is 0 Å². The molecule has 5 atom stereocenters. The zero-order valence-corrected chi connectivity index (χ0v) is 14.2. The minimum absolute atomic E-state index is 0.108. The minimum atomic E-state index is -0.880. The lowest BCUT2D eigenvalue weighted by molar-refractivity contribution is -0.146. The first-order chi connectivity index (χ1) is 11.0. The van der Waals surface area contributed by atoms with Crippen molar-refractivity contribution in [3.8, 4) is 0 Å². The lowest BCUT2D eigenvalue weighted by Gasteiger charge is -2.61. The second-order valence-corrected chi connectivity index (χ2v) is 8.40. The van der Waals surface area contributed by atoms with E-state index in [1.54, 1.807) is 0 Å². The number of furan rings is 1. The average molecular weight is 316 g/mol. The van der Waals surface area contributed by atoms with Crippen molar-refractivity contribution in [2.45, 2.75) is 63.9 Å². The lowest BCUT2D eigenvalue weighted by Crippen LogP contribution is -2.56. The normalized spacial score (nSPS) is 45.2. The molecule has 3 aliphatic rings. The van der Waals surface area contributed by atoms with Crippen molar-refractivity contribution in [2.24, 2.45) is 16.7 Å².